The number of nitrogens with zero attached hydrogens (tertiary/aromatic N) is 1. The number of rotatable bonds is 2. The molecule has 0 amide bonds. The standard InChI is InChI=1S/C14H25NOS/c1-5-15-9-11-10(7-6-8-17-11)12(15)13(16)14(2,3)4/h10-12H,5-9H2,1-4H3. The van der Waals surface area contributed by atoms with E-state index in [2.05, 4.69) is 44.4 Å². The summed E-state index contributed by atoms with van der Waals surface area (Å²) in [5, 5.41) is 0.708. The molecule has 3 atom stereocenters. The lowest BCUT2D eigenvalue weighted by molar-refractivity contribution is -0.132. The highest BCUT2D eigenvalue weighted by Gasteiger charge is 2.48. The molecule has 0 saturated carbocycles. The van der Waals surface area contributed by atoms with Crippen LogP contribution in [0.2, 0.25) is 0 Å². The molecule has 2 fully saturated rings. The molecule has 3 unspecified atom stereocenters. The van der Waals surface area contributed by atoms with Crippen molar-refractivity contribution in [3.8, 4) is 0 Å². The van der Waals surface area contributed by atoms with Gasteiger partial charge in [0.15, 0.2) is 5.78 Å². The van der Waals surface area contributed by atoms with Crippen LogP contribution in [0.3, 0.4) is 0 Å². The zero-order valence-electron chi connectivity index (χ0n) is 11.5. The highest BCUT2D eigenvalue weighted by atomic mass is 32.2. The fourth-order valence-electron chi connectivity index (χ4n) is 3.16. The first-order valence-corrected chi connectivity index (χ1v) is 7.90. The van der Waals surface area contributed by atoms with E-state index in [0.717, 1.165) is 13.1 Å². The first kappa shape index (κ1) is 13.4. The summed E-state index contributed by atoms with van der Waals surface area (Å²) in [6.45, 7) is 10.5. The minimum atomic E-state index is -0.199. The second kappa shape index (κ2) is 4.93. The van der Waals surface area contributed by atoms with Gasteiger partial charge in [-0.3, -0.25) is 9.69 Å². The van der Waals surface area contributed by atoms with E-state index in [-0.39, 0.29) is 11.5 Å². The van der Waals surface area contributed by atoms with E-state index in [0.29, 0.717) is 17.0 Å². The van der Waals surface area contributed by atoms with Crippen LogP contribution in [0.4, 0.5) is 0 Å². The fourth-order valence-corrected chi connectivity index (χ4v) is 4.62. The molecule has 2 aliphatic heterocycles. The molecular weight excluding hydrogens is 230 g/mol. The summed E-state index contributed by atoms with van der Waals surface area (Å²) in [5.74, 6) is 2.35. The quantitative estimate of drug-likeness (QED) is 0.757. The lowest BCUT2D eigenvalue weighted by atomic mass is 9.80. The van der Waals surface area contributed by atoms with Crippen molar-refractivity contribution in [1.29, 1.82) is 0 Å². The molecule has 0 radical (unpaired) electrons. The van der Waals surface area contributed by atoms with Crippen LogP contribution in [0.25, 0.3) is 0 Å². The van der Waals surface area contributed by atoms with Gasteiger partial charge < -0.3 is 0 Å². The summed E-state index contributed by atoms with van der Waals surface area (Å²) in [6, 6.07) is 0.192. The molecule has 0 aromatic rings. The minimum absolute atomic E-state index is 0.192. The van der Waals surface area contributed by atoms with Crippen LogP contribution in [0.5, 0.6) is 0 Å². The van der Waals surface area contributed by atoms with Crippen LogP contribution in [0.15, 0.2) is 0 Å². The van der Waals surface area contributed by atoms with Gasteiger partial charge in [0.25, 0.3) is 0 Å². The van der Waals surface area contributed by atoms with Gasteiger partial charge in [0, 0.05) is 17.2 Å². The average Bonchev–Trinajstić information content (AvgIpc) is 2.64. The summed E-state index contributed by atoms with van der Waals surface area (Å²) in [4.78, 5) is 15.1. The zero-order valence-corrected chi connectivity index (χ0v) is 12.3. The summed E-state index contributed by atoms with van der Waals surface area (Å²) >= 11 is 2.09. The van der Waals surface area contributed by atoms with Gasteiger partial charge in [-0.1, -0.05) is 27.7 Å². The molecule has 0 spiro atoms. The molecule has 3 heteroatoms. The predicted molar refractivity (Wildman–Crippen MR) is 74.5 cm³/mol. The Morgan fingerprint density at radius 3 is 2.71 bits per heavy atom. The van der Waals surface area contributed by atoms with Gasteiger partial charge in [-0.05, 0) is 31.1 Å². The molecule has 2 aliphatic rings. The summed E-state index contributed by atoms with van der Waals surface area (Å²) in [6.07, 6.45) is 2.54. The largest absolute Gasteiger partial charge is 0.297 e. The Balaban J connectivity index is 2.20. The molecule has 98 valence electrons. The van der Waals surface area contributed by atoms with Crippen molar-refractivity contribution in [3.05, 3.63) is 0 Å². The number of fused-ring (bicyclic) bond motifs is 1. The topological polar surface area (TPSA) is 20.3 Å². The van der Waals surface area contributed by atoms with E-state index in [1.807, 2.05) is 0 Å². The minimum Gasteiger partial charge on any atom is -0.297 e. The van der Waals surface area contributed by atoms with Crippen LogP contribution >= 0.6 is 11.8 Å². The van der Waals surface area contributed by atoms with E-state index in [1.54, 1.807) is 0 Å². The van der Waals surface area contributed by atoms with Crippen LogP contribution in [-0.4, -0.2) is 40.8 Å². The lowest BCUT2D eigenvalue weighted by Crippen LogP contribution is -2.45. The fraction of sp³-hybridized carbons (Fsp3) is 0.929. The monoisotopic (exact) mass is 255 g/mol. The number of hydrogen-bond acceptors (Lipinski definition) is 3. The first-order chi connectivity index (χ1) is 7.95. The third-order valence-corrected chi connectivity index (χ3v) is 5.57. The third-order valence-electron chi connectivity index (χ3n) is 4.12. The number of carbonyl (C=O) groups is 1. The van der Waals surface area contributed by atoms with Gasteiger partial charge >= 0.3 is 0 Å². The molecule has 2 rings (SSSR count). The van der Waals surface area contributed by atoms with Gasteiger partial charge in [0.2, 0.25) is 0 Å². The van der Waals surface area contributed by atoms with Crippen molar-refractivity contribution in [2.75, 3.05) is 18.8 Å². The smallest absolute Gasteiger partial charge is 0.155 e. The maximum Gasteiger partial charge on any atom is 0.155 e. The van der Waals surface area contributed by atoms with E-state index in [4.69, 9.17) is 0 Å². The molecule has 2 saturated heterocycles. The number of likely N-dealkylation sites (tertiary alicyclic amines) is 1. The van der Waals surface area contributed by atoms with Crippen LogP contribution < -0.4 is 0 Å². The predicted octanol–water partition coefficient (Wildman–Crippen LogP) is 2.82. The molecule has 2 heterocycles. The van der Waals surface area contributed by atoms with Crippen molar-refractivity contribution in [1.82, 2.24) is 4.90 Å². The maximum absolute atomic E-state index is 12.6. The van der Waals surface area contributed by atoms with Gasteiger partial charge in [-0.25, -0.2) is 0 Å². The number of thioether (sulfide) groups is 1. The van der Waals surface area contributed by atoms with Crippen molar-refractivity contribution < 1.29 is 4.79 Å². The molecule has 0 bridgehead atoms. The number of hydrogen-bond donors (Lipinski definition) is 0. The Hall–Kier alpha value is -0.0200. The number of likely N-dealkylation sites (N-methyl/N-ethyl adjacent to an activating group) is 1. The molecule has 0 aliphatic carbocycles. The second-order valence-electron chi connectivity index (χ2n) is 6.36. The van der Waals surface area contributed by atoms with Gasteiger partial charge in [-0.15, -0.1) is 0 Å². The van der Waals surface area contributed by atoms with Crippen LogP contribution in [0, 0.1) is 11.3 Å². The van der Waals surface area contributed by atoms with Crippen molar-refractivity contribution in [2.24, 2.45) is 11.3 Å². The number of carbonyl (C=O) groups excluding carboxylic acids is 1. The molecule has 0 aromatic heterocycles. The Morgan fingerprint density at radius 2 is 2.12 bits per heavy atom. The molecule has 17 heavy (non-hydrogen) atoms. The van der Waals surface area contributed by atoms with Gasteiger partial charge in [0.1, 0.15) is 0 Å². The first-order valence-electron chi connectivity index (χ1n) is 6.85. The Labute approximate surface area is 110 Å². The Morgan fingerprint density at radius 1 is 1.41 bits per heavy atom. The molecular formula is C14H25NOS. The highest BCUT2D eigenvalue weighted by molar-refractivity contribution is 8.00. The Bertz CT molecular complexity index is 297. The summed E-state index contributed by atoms with van der Waals surface area (Å²) < 4.78 is 0. The Kier molecular flexibility index (Phi) is 3.89. The van der Waals surface area contributed by atoms with E-state index < -0.39 is 0 Å². The summed E-state index contributed by atoms with van der Waals surface area (Å²) in [7, 11) is 0. The van der Waals surface area contributed by atoms with Crippen LogP contribution in [0.1, 0.15) is 40.5 Å². The van der Waals surface area contributed by atoms with Gasteiger partial charge in [0.05, 0.1) is 6.04 Å². The van der Waals surface area contributed by atoms with Crippen molar-refractivity contribution in [3.63, 3.8) is 0 Å². The molecule has 2 nitrogen and oxygen atoms in total. The average molecular weight is 255 g/mol. The molecule has 0 aromatic carbocycles. The van der Waals surface area contributed by atoms with Crippen molar-refractivity contribution in [2.45, 2.75) is 51.8 Å². The highest BCUT2D eigenvalue weighted by Crippen LogP contribution is 2.42. The normalized spacial score (nSPS) is 34.7. The van der Waals surface area contributed by atoms with E-state index >= 15 is 0 Å². The maximum atomic E-state index is 12.6. The molecule has 0 N–H and O–H groups in total. The number of Topliss-reactive ketones (excluding diaryl/α,β-unsaturated/α-hetero) is 1. The zero-order chi connectivity index (χ0) is 12.6. The van der Waals surface area contributed by atoms with Gasteiger partial charge in [-0.2, -0.15) is 11.8 Å². The SMILES string of the molecule is CCN1CC2SCCCC2C1C(=O)C(C)(C)C. The van der Waals surface area contributed by atoms with Crippen molar-refractivity contribution >= 4 is 17.5 Å². The number of ketones is 1. The third kappa shape index (κ3) is 2.55. The van der Waals surface area contributed by atoms with Crippen LogP contribution in [-0.2, 0) is 4.79 Å². The lowest BCUT2D eigenvalue weighted by Gasteiger charge is -2.33. The summed E-state index contributed by atoms with van der Waals surface area (Å²) in [5.41, 5.74) is -0.199. The van der Waals surface area contributed by atoms with E-state index in [1.165, 1.54) is 18.6 Å². The van der Waals surface area contributed by atoms with E-state index in [9.17, 15) is 4.79 Å². The second-order valence-corrected chi connectivity index (χ2v) is 7.71.